The Kier molecular flexibility index (Phi) is 4.80. The molecule has 1 fully saturated rings. The van der Waals surface area contributed by atoms with Crippen LogP contribution in [0.15, 0.2) is 5.16 Å². The Balaban J connectivity index is 2.19. The van der Waals surface area contributed by atoms with Gasteiger partial charge in [0.05, 0.1) is 11.7 Å². The molecule has 2 atom stereocenters. The van der Waals surface area contributed by atoms with Crippen LogP contribution in [0, 0.1) is 5.92 Å². The second-order valence-corrected chi connectivity index (χ2v) is 6.04. The van der Waals surface area contributed by atoms with Gasteiger partial charge in [-0.15, -0.1) is 0 Å². The number of aryl methyl sites for hydroxylation is 1. The molecule has 2 rings (SSSR count). The summed E-state index contributed by atoms with van der Waals surface area (Å²) in [4.78, 5) is 14.7. The van der Waals surface area contributed by atoms with Crippen LogP contribution < -0.4 is 0 Å². The topological polar surface area (TPSA) is 68.0 Å². The zero-order valence-corrected chi connectivity index (χ0v) is 12.2. The third-order valence-corrected chi connectivity index (χ3v) is 4.59. The first-order valence-electron chi connectivity index (χ1n) is 6.61. The smallest absolute Gasteiger partial charge is 0.392 e. The first-order chi connectivity index (χ1) is 9.79. The van der Waals surface area contributed by atoms with Crippen LogP contribution in [0.3, 0.4) is 0 Å². The van der Waals surface area contributed by atoms with E-state index in [2.05, 4.69) is 10.1 Å². The van der Waals surface area contributed by atoms with Crippen LogP contribution in [-0.2, 0) is 11.8 Å². The molecule has 5 nitrogen and oxygen atoms in total. The van der Waals surface area contributed by atoms with Gasteiger partial charge in [0.2, 0.25) is 0 Å². The largest absolute Gasteiger partial charge is 0.481 e. The fourth-order valence-electron chi connectivity index (χ4n) is 2.63. The van der Waals surface area contributed by atoms with Crippen molar-refractivity contribution in [2.75, 3.05) is 5.75 Å². The quantitative estimate of drug-likeness (QED) is 0.863. The van der Waals surface area contributed by atoms with Gasteiger partial charge in [-0.1, -0.05) is 24.6 Å². The van der Waals surface area contributed by atoms with E-state index in [1.165, 1.54) is 4.68 Å². The number of carbonyl (C=O) groups is 1. The average Bonchev–Trinajstić information content (AvgIpc) is 2.77. The van der Waals surface area contributed by atoms with Gasteiger partial charge in [-0.3, -0.25) is 4.79 Å². The Morgan fingerprint density at radius 3 is 2.71 bits per heavy atom. The van der Waals surface area contributed by atoms with E-state index in [4.69, 9.17) is 5.11 Å². The fourth-order valence-corrected chi connectivity index (χ4v) is 3.27. The van der Waals surface area contributed by atoms with E-state index >= 15 is 0 Å². The van der Waals surface area contributed by atoms with E-state index in [9.17, 15) is 18.0 Å². The van der Waals surface area contributed by atoms with Gasteiger partial charge in [-0.05, 0) is 12.8 Å². The van der Waals surface area contributed by atoms with E-state index in [-0.39, 0.29) is 18.0 Å². The number of halogens is 3. The summed E-state index contributed by atoms with van der Waals surface area (Å²) in [6.07, 6.45) is -2.44. The number of hydrogen-bond acceptors (Lipinski definition) is 4. The highest BCUT2D eigenvalue weighted by Gasteiger charge is 2.47. The lowest BCUT2D eigenvalue weighted by molar-refractivity contribution is -0.187. The molecule has 1 aromatic heterocycles. The number of thioether (sulfide) groups is 1. The lowest BCUT2D eigenvalue weighted by Gasteiger charge is -2.31. The van der Waals surface area contributed by atoms with Gasteiger partial charge in [0.15, 0.2) is 11.0 Å². The molecule has 0 aromatic carbocycles. The first kappa shape index (κ1) is 16.1. The number of hydrogen-bond donors (Lipinski definition) is 1. The van der Waals surface area contributed by atoms with Crippen molar-refractivity contribution < 1.29 is 23.1 Å². The number of rotatable bonds is 4. The maximum absolute atomic E-state index is 13.1. The van der Waals surface area contributed by atoms with Crippen LogP contribution in [-0.4, -0.2) is 37.8 Å². The second-order valence-electron chi connectivity index (χ2n) is 5.10. The normalized spacial score (nSPS) is 23.2. The van der Waals surface area contributed by atoms with Gasteiger partial charge < -0.3 is 5.11 Å². The third kappa shape index (κ3) is 3.90. The van der Waals surface area contributed by atoms with Crippen LogP contribution in [0.1, 0.15) is 37.4 Å². The minimum atomic E-state index is -4.25. The Hall–Kier alpha value is -1.25. The van der Waals surface area contributed by atoms with Crippen molar-refractivity contribution in [1.82, 2.24) is 14.8 Å². The van der Waals surface area contributed by atoms with E-state index in [1.54, 1.807) is 7.05 Å². The maximum atomic E-state index is 13.1. The average molecular weight is 323 g/mol. The van der Waals surface area contributed by atoms with Crippen LogP contribution in [0.5, 0.6) is 0 Å². The summed E-state index contributed by atoms with van der Waals surface area (Å²) in [5.74, 6) is -3.17. The van der Waals surface area contributed by atoms with Crippen molar-refractivity contribution in [3.63, 3.8) is 0 Å². The molecule has 0 radical (unpaired) electrons. The summed E-state index contributed by atoms with van der Waals surface area (Å²) in [6, 6.07) is 0. The number of alkyl halides is 3. The summed E-state index contributed by atoms with van der Waals surface area (Å²) in [6.45, 7) is 0. The Morgan fingerprint density at radius 1 is 1.43 bits per heavy atom. The number of carboxylic acid groups (broad SMARTS) is 1. The minimum Gasteiger partial charge on any atom is -0.481 e. The third-order valence-electron chi connectivity index (χ3n) is 3.58. The van der Waals surface area contributed by atoms with Crippen LogP contribution >= 0.6 is 11.8 Å². The van der Waals surface area contributed by atoms with Crippen LogP contribution in [0.25, 0.3) is 0 Å². The minimum absolute atomic E-state index is 0.101. The molecule has 0 amide bonds. The number of nitrogens with zero attached hydrogens (tertiary/aromatic N) is 3. The van der Waals surface area contributed by atoms with Crippen molar-refractivity contribution in [2.24, 2.45) is 13.0 Å². The molecule has 2 unspecified atom stereocenters. The Labute approximate surface area is 123 Å². The predicted octanol–water partition coefficient (Wildman–Crippen LogP) is 2.83. The standard InChI is InChI=1S/C12H16F3N3O2S/c1-18-11(21-6-9(19)20)16-10(17-18)7-4-2-3-5-8(7)12(13,14)15/h7-8H,2-6H2,1H3,(H,19,20). The van der Waals surface area contributed by atoms with Gasteiger partial charge in [0.1, 0.15) is 0 Å². The number of aromatic nitrogens is 3. The summed E-state index contributed by atoms with van der Waals surface area (Å²) in [5.41, 5.74) is 0. The first-order valence-corrected chi connectivity index (χ1v) is 7.60. The van der Waals surface area contributed by atoms with Crippen molar-refractivity contribution in [1.29, 1.82) is 0 Å². The SMILES string of the molecule is Cn1nc(C2CCCCC2C(F)(F)F)nc1SCC(=O)O. The molecular weight excluding hydrogens is 307 g/mol. The summed E-state index contributed by atoms with van der Waals surface area (Å²) < 4.78 is 40.6. The van der Waals surface area contributed by atoms with E-state index in [1.807, 2.05) is 0 Å². The summed E-state index contributed by atoms with van der Waals surface area (Å²) in [5, 5.41) is 13.0. The summed E-state index contributed by atoms with van der Waals surface area (Å²) in [7, 11) is 1.56. The zero-order chi connectivity index (χ0) is 15.6. The molecule has 0 saturated heterocycles. The highest BCUT2D eigenvalue weighted by molar-refractivity contribution is 7.99. The zero-order valence-electron chi connectivity index (χ0n) is 11.4. The van der Waals surface area contributed by atoms with Crippen molar-refractivity contribution >= 4 is 17.7 Å². The fraction of sp³-hybridized carbons (Fsp3) is 0.750. The second kappa shape index (κ2) is 6.25. The molecule has 0 spiro atoms. The monoisotopic (exact) mass is 323 g/mol. The number of aliphatic carboxylic acids is 1. The van der Waals surface area contributed by atoms with Crippen molar-refractivity contribution in [3.8, 4) is 0 Å². The highest BCUT2D eigenvalue weighted by atomic mass is 32.2. The lowest BCUT2D eigenvalue weighted by Crippen LogP contribution is -2.32. The summed E-state index contributed by atoms with van der Waals surface area (Å²) >= 11 is 0.957. The van der Waals surface area contributed by atoms with Crippen LogP contribution in [0.2, 0.25) is 0 Å². The molecule has 1 saturated carbocycles. The Morgan fingerprint density at radius 2 is 2.10 bits per heavy atom. The Bertz CT molecular complexity index is 518. The van der Waals surface area contributed by atoms with Crippen LogP contribution in [0.4, 0.5) is 13.2 Å². The van der Waals surface area contributed by atoms with E-state index in [0.29, 0.717) is 18.0 Å². The van der Waals surface area contributed by atoms with Gasteiger partial charge in [0.25, 0.3) is 0 Å². The highest BCUT2D eigenvalue weighted by Crippen LogP contribution is 2.45. The molecular formula is C12H16F3N3O2S. The molecule has 0 aliphatic heterocycles. The molecule has 21 heavy (non-hydrogen) atoms. The molecule has 1 aliphatic carbocycles. The van der Waals surface area contributed by atoms with Crippen molar-refractivity contribution in [2.45, 2.75) is 42.9 Å². The molecule has 118 valence electrons. The van der Waals surface area contributed by atoms with Gasteiger partial charge >= 0.3 is 12.1 Å². The van der Waals surface area contributed by atoms with Gasteiger partial charge in [0, 0.05) is 13.0 Å². The molecule has 1 heterocycles. The number of carboxylic acids is 1. The van der Waals surface area contributed by atoms with Gasteiger partial charge in [-0.2, -0.15) is 18.3 Å². The maximum Gasteiger partial charge on any atom is 0.392 e. The molecule has 0 bridgehead atoms. The predicted molar refractivity (Wildman–Crippen MR) is 70.1 cm³/mol. The van der Waals surface area contributed by atoms with Crippen molar-refractivity contribution in [3.05, 3.63) is 5.82 Å². The molecule has 1 N–H and O–H groups in total. The van der Waals surface area contributed by atoms with E-state index in [0.717, 1.165) is 18.2 Å². The molecule has 9 heteroatoms. The van der Waals surface area contributed by atoms with E-state index < -0.39 is 24.0 Å². The van der Waals surface area contributed by atoms with Gasteiger partial charge in [-0.25, -0.2) is 9.67 Å². The molecule has 1 aliphatic rings. The molecule has 1 aromatic rings. The lowest BCUT2D eigenvalue weighted by atomic mass is 9.78.